The molecule has 0 aromatic heterocycles. The Bertz CT molecular complexity index is 652. The molecule has 0 spiro atoms. The highest BCUT2D eigenvalue weighted by atomic mass is 16.6. The largest absolute Gasteiger partial charge is 0.462 e. The van der Waals surface area contributed by atoms with Crippen LogP contribution in [-0.4, -0.2) is 36.4 Å². The van der Waals surface area contributed by atoms with Gasteiger partial charge in [-0.2, -0.15) is 0 Å². The number of carbonyl (C=O) groups is 2. The van der Waals surface area contributed by atoms with Gasteiger partial charge in [0.2, 0.25) is 0 Å². The lowest BCUT2D eigenvalue weighted by molar-refractivity contribution is -0.161. The zero-order valence-electron chi connectivity index (χ0n) is 26.1. The highest BCUT2D eigenvalue weighted by Gasteiger charge is 2.16. The van der Waals surface area contributed by atoms with Crippen molar-refractivity contribution in [2.24, 2.45) is 0 Å². The van der Waals surface area contributed by atoms with Gasteiger partial charge in [-0.15, -0.1) is 0 Å². The molecule has 1 unspecified atom stereocenters. The summed E-state index contributed by atoms with van der Waals surface area (Å²) < 4.78 is 10.5. The molecule has 0 saturated heterocycles. The van der Waals surface area contributed by atoms with Gasteiger partial charge in [0.15, 0.2) is 6.10 Å². The van der Waals surface area contributed by atoms with Crippen LogP contribution in [0.15, 0.2) is 36.5 Å². The Morgan fingerprint density at radius 3 is 1.62 bits per heavy atom. The van der Waals surface area contributed by atoms with E-state index < -0.39 is 6.10 Å². The van der Waals surface area contributed by atoms with Crippen molar-refractivity contribution in [2.75, 3.05) is 13.2 Å². The van der Waals surface area contributed by atoms with Gasteiger partial charge < -0.3 is 14.6 Å². The smallest absolute Gasteiger partial charge is 0.306 e. The second kappa shape index (κ2) is 31.6. The van der Waals surface area contributed by atoms with Gasteiger partial charge in [0.1, 0.15) is 6.61 Å². The van der Waals surface area contributed by atoms with Gasteiger partial charge in [-0.1, -0.05) is 134 Å². The predicted molar refractivity (Wildman–Crippen MR) is 168 cm³/mol. The van der Waals surface area contributed by atoms with E-state index >= 15 is 0 Å². The van der Waals surface area contributed by atoms with Crippen molar-refractivity contribution in [1.82, 2.24) is 0 Å². The van der Waals surface area contributed by atoms with E-state index in [1.54, 1.807) is 0 Å². The quantitative estimate of drug-likeness (QED) is 0.0558. The average molecular weight is 563 g/mol. The third-order valence-electron chi connectivity index (χ3n) is 6.95. The van der Waals surface area contributed by atoms with Crippen molar-refractivity contribution in [3.05, 3.63) is 36.5 Å². The number of aliphatic hydroxyl groups excluding tert-OH is 1. The van der Waals surface area contributed by atoms with Crippen molar-refractivity contribution < 1.29 is 24.2 Å². The number of hydrogen-bond acceptors (Lipinski definition) is 5. The van der Waals surface area contributed by atoms with Gasteiger partial charge in [0, 0.05) is 12.8 Å². The molecular formula is C35H62O5. The van der Waals surface area contributed by atoms with Crippen molar-refractivity contribution in [3.63, 3.8) is 0 Å². The summed E-state index contributed by atoms with van der Waals surface area (Å²) in [5, 5.41) is 9.49. The second-order valence-electron chi connectivity index (χ2n) is 10.9. The molecule has 1 atom stereocenters. The van der Waals surface area contributed by atoms with Crippen LogP contribution in [0.2, 0.25) is 0 Å². The molecule has 0 saturated carbocycles. The molecule has 5 heteroatoms. The van der Waals surface area contributed by atoms with Crippen molar-refractivity contribution in [1.29, 1.82) is 0 Å². The Balaban J connectivity index is 3.62. The molecule has 0 aliphatic heterocycles. The molecule has 0 rings (SSSR count). The summed E-state index contributed by atoms with van der Waals surface area (Å²) in [7, 11) is 0. The molecule has 0 bridgehead atoms. The molecule has 0 aliphatic carbocycles. The number of unbranched alkanes of at least 4 members (excludes halogenated alkanes) is 15. The predicted octanol–water partition coefficient (Wildman–Crippen LogP) is 9.72. The lowest BCUT2D eigenvalue weighted by atomic mass is 10.1. The van der Waals surface area contributed by atoms with E-state index in [1.807, 2.05) is 0 Å². The maximum atomic E-state index is 12.1. The third kappa shape index (κ3) is 29.1. The van der Waals surface area contributed by atoms with Gasteiger partial charge in [-0.05, 0) is 44.9 Å². The number of rotatable bonds is 29. The number of ether oxygens (including phenoxy) is 2. The monoisotopic (exact) mass is 562 g/mol. The number of allylic oxidation sites excluding steroid dienone is 6. The molecule has 0 aromatic rings. The molecule has 0 amide bonds. The summed E-state index contributed by atoms with van der Waals surface area (Å²) in [6.07, 6.45) is 36.2. The summed E-state index contributed by atoms with van der Waals surface area (Å²) in [4.78, 5) is 24.1. The average Bonchev–Trinajstić information content (AvgIpc) is 2.96. The van der Waals surface area contributed by atoms with E-state index in [-0.39, 0.29) is 25.2 Å². The summed E-state index contributed by atoms with van der Waals surface area (Å²) in [5.74, 6) is -0.613. The zero-order valence-corrected chi connectivity index (χ0v) is 26.1. The lowest BCUT2D eigenvalue weighted by Gasteiger charge is -2.15. The molecule has 1 N–H and O–H groups in total. The second-order valence-corrected chi connectivity index (χ2v) is 10.9. The van der Waals surface area contributed by atoms with Crippen molar-refractivity contribution >= 4 is 11.9 Å². The first kappa shape index (κ1) is 38.1. The minimum atomic E-state index is -0.773. The summed E-state index contributed by atoms with van der Waals surface area (Å²) in [6.45, 7) is 3.98. The highest BCUT2D eigenvalue weighted by Crippen LogP contribution is 2.13. The van der Waals surface area contributed by atoms with Crippen LogP contribution < -0.4 is 0 Å². The molecule has 0 fully saturated rings. The van der Waals surface area contributed by atoms with E-state index in [4.69, 9.17) is 9.47 Å². The zero-order chi connectivity index (χ0) is 29.4. The maximum absolute atomic E-state index is 12.1. The van der Waals surface area contributed by atoms with Gasteiger partial charge in [-0.25, -0.2) is 0 Å². The van der Waals surface area contributed by atoms with Crippen molar-refractivity contribution in [2.45, 2.75) is 161 Å². The van der Waals surface area contributed by atoms with Crippen LogP contribution in [0.4, 0.5) is 0 Å². The first-order valence-electron chi connectivity index (χ1n) is 16.5. The van der Waals surface area contributed by atoms with Crippen LogP contribution in [0.25, 0.3) is 0 Å². The van der Waals surface area contributed by atoms with E-state index in [9.17, 15) is 14.7 Å². The Labute approximate surface area is 246 Å². The van der Waals surface area contributed by atoms with E-state index in [1.165, 1.54) is 64.2 Å². The fourth-order valence-corrected chi connectivity index (χ4v) is 4.45. The summed E-state index contributed by atoms with van der Waals surface area (Å²) >= 11 is 0. The maximum Gasteiger partial charge on any atom is 0.306 e. The summed E-state index contributed by atoms with van der Waals surface area (Å²) in [6, 6.07) is 0. The molecule has 5 nitrogen and oxygen atoms in total. The topological polar surface area (TPSA) is 72.8 Å². The molecule has 0 heterocycles. The number of aliphatic hydroxyl groups is 1. The van der Waals surface area contributed by atoms with Crippen LogP contribution in [0.5, 0.6) is 0 Å². The minimum absolute atomic E-state index is 0.0731. The lowest BCUT2D eigenvalue weighted by Crippen LogP contribution is -2.28. The van der Waals surface area contributed by atoms with E-state index in [2.05, 4.69) is 50.3 Å². The highest BCUT2D eigenvalue weighted by molar-refractivity contribution is 5.70. The minimum Gasteiger partial charge on any atom is -0.462 e. The van der Waals surface area contributed by atoms with Crippen LogP contribution in [0, 0.1) is 0 Å². The van der Waals surface area contributed by atoms with Gasteiger partial charge in [0.05, 0.1) is 6.61 Å². The Kier molecular flexibility index (Phi) is 30.2. The molecule has 232 valence electrons. The first-order chi connectivity index (χ1) is 19.6. The number of carbonyl (C=O) groups excluding carboxylic acids is 2. The standard InChI is InChI=1S/C35H62O5/c1-3-5-7-9-11-13-15-16-17-18-20-21-23-25-27-29-34(37)39-32-33(31-36)40-35(38)30-28-26-24-22-19-14-12-10-8-6-4-2/h5,7,11,13,16-17,33,36H,3-4,6,8-10,12,14-15,18-32H2,1-2H3. The Morgan fingerprint density at radius 1 is 0.600 bits per heavy atom. The number of hydrogen-bond donors (Lipinski definition) is 1. The summed E-state index contributed by atoms with van der Waals surface area (Å²) in [5.41, 5.74) is 0. The molecular weight excluding hydrogens is 500 g/mol. The normalized spacial score (nSPS) is 12.6. The SMILES string of the molecule is CCC=CCC=CCC=CCCCCCCCC(=O)OCC(CO)OC(=O)CCCCCCCCCCCCC. The molecule has 0 aromatic carbocycles. The van der Waals surface area contributed by atoms with E-state index in [0.717, 1.165) is 64.2 Å². The van der Waals surface area contributed by atoms with E-state index in [0.29, 0.717) is 12.8 Å². The molecule has 0 aliphatic rings. The molecule has 0 radical (unpaired) electrons. The first-order valence-corrected chi connectivity index (χ1v) is 16.5. The third-order valence-corrected chi connectivity index (χ3v) is 6.95. The van der Waals surface area contributed by atoms with Gasteiger partial charge >= 0.3 is 11.9 Å². The Morgan fingerprint density at radius 2 is 1.07 bits per heavy atom. The fraction of sp³-hybridized carbons (Fsp3) is 0.771. The van der Waals surface area contributed by atoms with Crippen LogP contribution in [-0.2, 0) is 19.1 Å². The number of esters is 2. The van der Waals surface area contributed by atoms with Crippen LogP contribution in [0.3, 0.4) is 0 Å². The van der Waals surface area contributed by atoms with Crippen LogP contribution >= 0.6 is 0 Å². The van der Waals surface area contributed by atoms with Gasteiger partial charge in [-0.3, -0.25) is 9.59 Å². The molecule has 40 heavy (non-hydrogen) atoms. The fourth-order valence-electron chi connectivity index (χ4n) is 4.45. The van der Waals surface area contributed by atoms with Crippen molar-refractivity contribution in [3.8, 4) is 0 Å². The Hall–Kier alpha value is -1.88. The van der Waals surface area contributed by atoms with Gasteiger partial charge in [0.25, 0.3) is 0 Å². The van der Waals surface area contributed by atoms with Crippen LogP contribution in [0.1, 0.15) is 155 Å².